The molecule has 140 valence electrons. The highest BCUT2D eigenvalue weighted by Crippen LogP contribution is 2.35. The van der Waals surface area contributed by atoms with Crippen LogP contribution < -0.4 is 21.5 Å². The maximum atomic E-state index is 12.6. The Morgan fingerprint density at radius 1 is 1.28 bits per heavy atom. The molecule has 2 saturated heterocycles. The predicted molar refractivity (Wildman–Crippen MR) is 105 cm³/mol. The maximum Gasteiger partial charge on any atom is 0.238 e. The number of piperidine rings is 1. The van der Waals surface area contributed by atoms with Crippen molar-refractivity contribution in [1.82, 2.24) is 21.5 Å². The van der Waals surface area contributed by atoms with Crippen molar-refractivity contribution in [2.24, 2.45) is 5.92 Å². The fourth-order valence-corrected chi connectivity index (χ4v) is 4.54. The van der Waals surface area contributed by atoms with Gasteiger partial charge in [-0.2, -0.15) is 0 Å². The van der Waals surface area contributed by atoms with Gasteiger partial charge in [0.2, 0.25) is 5.91 Å². The van der Waals surface area contributed by atoms with Gasteiger partial charge in [0.15, 0.2) is 0 Å². The van der Waals surface area contributed by atoms with E-state index in [2.05, 4.69) is 21.5 Å². The summed E-state index contributed by atoms with van der Waals surface area (Å²) in [6.45, 7) is 6.38. The highest BCUT2D eigenvalue weighted by Gasteiger charge is 2.41. The van der Waals surface area contributed by atoms with E-state index in [1.807, 2.05) is 32.0 Å². The fraction of sp³-hybridized carbons (Fsp3) is 0.588. The zero-order valence-electron chi connectivity index (χ0n) is 14.4. The minimum absolute atomic E-state index is 0. The lowest BCUT2D eigenvalue weighted by Gasteiger charge is -2.30. The quantitative estimate of drug-likeness (QED) is 0.618. The molecule has 2 heterocycles. The van der Waals surface area contributed by atoms with E-state index < -0.39 is 0 Å². The first-order valence-corrected chi connectivity index (χ1v) is 9.10. The summed E-state index contributed by atoms with van der Waals surface area (Å²) in [5.41, 5.74) is 6.89. The molecule has 1 aromatic carbocycles. The lowest BCUT2D eigenvalue weighted by atomic mass is 9.84. The van der Waals surface area contributed by atoms with Gasteiger partial charge >= 0.3 is 0 Å². The molecule has 2 aliphatic heterocycles. The van der Waals surface area contributed by atoms with Crippen LogP contribution in [0.4, 0.5) is 0 Å². The molecule has 3 atom stereocenters. The van der Waals surface area contributed by atoms with Crippen molar-refractivity contribution >= 4 is 41.5 Å². The van der Waals surface area contributed by atoms with E-state index >= 15 is 0 Å². The van der Waals surface area contributed by atoms with Crippen molar-refractivity contribution < 1.29 is 4.79 Å². The van der Waals surface area contributed by atoms with Crippen molar-refractivity contribution in [3.63, 3.8) is 0 Å². The predicted octanol–water partition coefficient (Wildman–Crippen LogP) is 2.26. The number of hydrogen-bond donors (Lipinski definition) is 4. The highest BCUT2D eigenvalue weighted by molar-refractivity contribution is 6.36. The van der Waals surface area contributed by atoms with Crippen molar-refractivity contribution in [3.8, 4) is 0 Å². The first-order valence-electron chi connectivity index (χ1n) is 8.34. The van der Waals surface area contributed by atoms with E-state index in [0.29, 0.717) is 22.6 Å². The number of halogens is 3. The summed E-state index contributed by atoms with van der Waals surface area (Å²) < 4.78 is 0. The SMILES string of the molecule is CC(C)(CNC(=O)C1NNC2CCNCC21)c1c(Cl)cccc1Cl.Cl. The van der Waals surface area contributed by atoms with Gasteiger partial charge in [0, 0.05) is 40.5 Å². The van der Waals surface area contributed by atoms with Crippen LogP contribution in [-0.4, -0.2) is 37.6 Å². The van der Waals surface area contributed by atoms with Gasteiger partial charge < -0.3 is 10.6 Å². The minimum Gasteiger partial charge on any atom is -0.354 e. The second-order valence-corrected chi connectivity index (χ2v) is 8.04. The van der Waals surface area contributed by atoms with Gasteiger partial charge in [-0.1, -0.05) is 43.1 Å². The molecular weight excluding hydrogens is 383 g/mol. The van der Waals surface area contributed by atoms with Gasteiger partial charge in [0.1, 0.15) is 6.04 Å². The highest BCUT2D eigenvalue weighted by atomic mass is 35.5. The van der Waals surface area contributed by atoms with Gasteiger partial charge in [0.25, 0.3) is 0 Å². The Morgan fingerprint density at radius 2 is 1.96 bits per heavy atom. The second-order valence-electron chi connectivity index (χ2n) is 7.23. The summed E-state index contributed by atoms with van der Waals surface area (Å²) in [7, 11) is 0. The third-order valence-corrected chi connectivity index (χ3v) is 5.64. The van der Waals surface area contributed by atoms with Crippen LogP contribution in [-0.2, 0) is 10.2 Å². The fourth-order valence-electron chi connectivity index (χ4n) is 3.63. The van der Waals surface area contributed by atoms with Gasteiger partial charge in [-0.15, -0.1) is 12.4 Å². The molecule has 3 unspecified atom stereocenters. The standard InChI is InChI=1S/C17H24Cl2N4O.ClH/c1-17(2,14-11(18)4-3-5-12(14)19)9-21-16(24)15-10-8-20-7-6-13(10)22-23-15;/h3-5,10,13,15,20,22-23H,6-9H2,1-2H3,(H,21,24);1H. The number of hydrogen-bond acceptors (Lipinski definition) is 4. The lowest BCUT2D eigenvalue weighted by Crippen LogP contribution is -2.51. The number of amides is 1. The molecule has 3 rings (SSSR count). The minimum atomic E-state index is -0.360. The Labute approximate surface area is 165 Å². The van der Waals surface area contributed by atoms with Crippen LogP contribution in [0.5, 0.6) is 0 Å². The van der Waals surface area contributed by atoms with Crippen LogP contribution >= 0.6 is 35.6 Å². The molecule has 0 radical (unpaired) electrons. The Balaban J connectivity index is 0.00000225. The number of carbonyl (C=O) groups is 1. The van der Waals surface area contributed by atoms with Crippen molar-refractivity contribution in [3.05, 3.63) is 33.8 Å². The van der Waals surface area contributed by atoms with Crippen molar-refractivity contribution in [2.75, 3.05) is 19.6 Å². The van der Waals surface area contributed by atoms with E-state index in [4.69, 9.17) is 23.2 Å². The number of carbonyl (C=O) groups excluding carboxylic acids is 1. The van der Waals surface area contributed by atoms with Crippen molar-refractivity contribution in [2.45, 2.75) is 37.8 Å². The molecule has 0 spiro atoms. The molecule has 0 saturated carbocycles. The molecule has 5 nitrogen and oxygen atoms in total. The Kier molecular flexibility index (Phi) is 6.99. The number of fused-ring (bicyclic) bond motifs is 1. The molecule has 1 amide bonds. The summed E-state index contributed by atoms with van der Waals surface area (Å²) >= 11 is 12.6. The largest absolute Gasteiger partial charge is 0.354 e. The third kappa shape index (κ3) is 4.41. The smallest absolute Gasteiger partial charge is 0.238 e. The molecule has 8 heteroatoms. The Morgan fingerprint density at radius 3 is 2.64 bits per heavy atom. The molecular formula is C17H25Cl3N4O. The van der Waals surface area contributed by atoms with Gasteiger partial charge in [-0.3, -0.25) is 10.2 Å². The maximum absolute atomic E-state index is 12.6. The average Bonchev–Trinajstić information content (AvgIpc) is 2.96. The van der Waals surface area contributed by atoms with E-state index in [1.165, 1.54) is 0 Å². The van der Waals surface area contributed by atoms with Gasteiger partial charge in [-0.05, 0) is 30.7 Å². The molecule has 2 aliphatic rings. The lowest BCUT2D eigenvalue weighted by molar-refractivity contribution is -0.124. The number of nitrogens with one attached hydrogen (secondary N) is 4. The van der Waals surface area contributed by atoms with Crippen LogP contribution in [0, 0.1) is 5.92 Å². The average molecular weight is 408 g/mol. The summed E-state index contributed by atoms with van der Waals surface area (Å²) in [5.74, 6) is 0.278. The zero-order valence-corrected chi connectivity index (χ0v) is 16.7. The number of rotatable bonds is 4. The van der Waals surface area contributed by atoms with Gasteiger partial charge in [-0.25, -0.2) is 5.43 Å². The summed E-state index contributed by atoms with van der Waals surface area (Å²) in [6.07, 6.45) is 1.03. The van der Waals surface area contributed by atoms with Crippen molar-refractivity contribution in [1.29, 1.82) is 0 Å². The monoisotopic (exact) mass is 406 g/mol. The van der Waals surface area contributed by atoms with Gasteiger partial charge in [0.05, 0.1) is 0 Å². The van der Waals surface area contributed by atoms with Crippen LogP contribution in [0.3, 0.4) is 0 Å². The Hall–Kier alpha value is -0.560. The topological polar surface area (TPSA) is 65.2 Å². The molecule has 1 aromatic rings. The molecule has 25 heavy (non-hydrogen) atoms. The Bertz CT molecular complexity index is 606. The molecule has 0 aromatic heterocycles. The van der Waals surface area contributed by atoms with Crippen LogP contribution in [0.15, 0.2) is 18.2 Å². The normalized spacial score (nSPS) is 25.8. The van der Waals surface area contributed by atoms with Crippen LogP contribution in [0.1, 0.15) is 25.8 Å². The summed E-state index contributed by atoms with van der Waals surface area (Å²) in [5, 5.41) is 7.67. The van der Waals surface area contributed by atoms with Crippen LogP contribution in [0.2, 0.25) is 10.0 Å². The third-order valence-electron chi connectivity index (χ3n) is 5.01. The first-order chi connectivity index (χ1) is 11.4. The van der Waals surface area contributed by atoms with Crippen LogP contribution in [0.25, 0.3) is 0 Å². The van der Waals surface area contributed by atoms with E-state index in [0.717, 1.165) is 25.1 Å². The summed E-state index contributed by atoms with van der Waals surface area (Å²) in [6, 6.07) is 5.61. The number of hydrazine groups is 1. The second kappa shape index (κ2) is 8.42. The molecule has 0 aliphatic carbocycles. The molecule has 4 N–H and O–H groups in total. The summed E-state index contributed by atoms with van der Waals surface area (Å²) in [4.78, 5) is 12.6. The molecule has 0 bridgehead atoms. The molecule has 2 fully saturated rings. The number of benzene rings is 1. The zero-order chi connectivity index (χ0) is 17.3. The van der Waals surface area contributed by atoms with E-state index in [9.17, 15) is 4.79 Å². The van der Waals surface area contributed by atoms with E-state index in [1.54, 1.807) is 0 Å². The van der Waals surface area contributed by atoms with E-state index in [-0.39, 0.29) is 35.7 Å². The first kappa shape index (κ1) is 20.7.